The molecule has 0 spiro atoms. The lowest BCUT2D eigenvalue weighted by atomic mass is 10.1. The van der Waals surface area contributed by atoms with Gasteiger partial charge in [-0.1, -0.05) is 26.0 Å². The van der Waals surface area contributed by atoms with Gasteiger partial charge in [0.2, 0.25) is 0 Å². The fourth-order valence-corrected chi connectivity index (χ4v) is 3.19. The number of amides is 2. The van der Waals surface area contributed by atoms with Crippen LogP contribution in [0.5, 0.6) is 5.75 Å². The van der Waals surface area contributed by atoms with E-state index in [9.17, 15) is 9.59 Å². The highest BCUT2D eigenvalue weighted by Crippen LogP contribution is 2.26. The van der Waals surface area contributed by atoms with Crippen molar-refractivity contribution in [1.82, 2.24) is 10.6 Å². The average Bonchev–Trinajstić information content (AvgIpc) is 2.72. The predicted octanol–water partition coefficient (Wildman–Crippen LogP) is 4.89. The minimum Gasteiger partial charge on any atom is -0.492 e. The van der Waals surface area contributed by atoms with E-state index in [0.29, 0.717) is 33.6 Å². The second-order valence-electron chi connectivity index (χ2n) is 6.73. The van der Waals surface area contributed by atoms with Crippen LogP contribution in [0.15, 0.2) is 46.9 Å². The third-order valence-electron chi connectivity index (χ3n) is 4.29. The maximum Gasteiger partial charge on any atom is 0.257 e. The molecule has 2 aromatic rings. The zero-order valence-corrected chi connectivity index (χ0v) is 19.7. The lowest BCUT2D eigenvalue weighted by Gasteiger charge is -2.16. The molecule has 2 rings (SSSR count). The molecular weight excluding hydrogens is 466 g/mol. The van der Waals surface area contributed by atoms with Gasteiger partial charge in [0.05, 0.1) is 22.3 Å². The van der Waals surface area contributed by atoms with Crippen LogP contribution < -0.4 is 20.7 Å². The minimum atomic E-state index is -0.364. The molecule has 0 saturated carbocycles. The molecular formula is C22H26BrN3O3S. The number of hydrogen-bond donors (Lipinski definition) is 3. The number of anilines is 1. The summed E-state index contributed by atoms with van der Waals surface area (Å²) in [7, 11) is 0. The Hall–Kier alpha value is -2.45. The highest BCUT2D eigenvalue weighted by Gasteiger charge is 2.15. The van der Waals surface area contributed by atoms with Gasteiger partial charge in [-0.3, -0.25) is 14.9 Å². The Labute approximate surface area is 190 Å². The number of ether oxygens (including phenoxy) is 1. The van der Waals surface area contributed by atoms with Crippen LogP contribution in [-0.4, -0.2) is 29.6 Å². The first kappa shape index (κ1) is 23.8. The predicted molar refractivity (Wildman–Crippen MR) is 127 cm³/mol. The molecule has 30 heavy (non-hydrogen) atoms. The maximum absolute atomic E-state index is 12.5. The van der Waals surface area contributed by atoms with E-state index in [-0.39, 0.29) is 23.0 Å². The first-order valence-corrected chi connectivity index (χ1v) is 11.0. The number of para-hydroxylation sites is 1. The van der Waals surface area contributed by atoms with E-state index in [1.165, 1.54) is 0 Å². The fourth-order valence-electron chi connectivity index (χ4n) is 2.49. The highest BCUT2D eigenvalue weighted by atomic mass is 79.9. The van der Waals surface area contributed by atoms with Crippen LogP contribution in [0.1, 0.15) is 54.3 Å². The van der Waals surface area contributed by atoms with Crippen LogP contribution in [0.4, 0.5) is 5.69 Å². The van der Waals surface area contributed by atoms with Crippen molar-refractivity contribution in [3.63, 3.8) is 0 Å². The summed E-state index contributed by atoms with van der Waals surface area (Å²) >= 11 is 8.69. The van der Waals surface area contributed by atoms with Crippen molar-refractivity contribution in [3.05, 3.63) is 58.1 Å². The lowest BCUT2D eigenvalue weighted by molar-refractivity contribution is 0.0938. The summed E-state index contributed by atoms with van der Waals surface area (Å²) in [6, 6.07) is 12.1. The molecule has 0 radical (unpaired) electrons. The molecule has 0 saturated heterocycles. The second kappa shape index (κ2) is 11.7. The Balaban J connectivity index is 2.05. The topological polar surface area (TPSA) is 79.5 Å². The summed E-state index contributed by atoms with van der Waals surface area (Å²) in [5.74, 6) is 0.111. The van der Waals surface area contributed by atoms with Crippen molar-refractivity contribution >= 4 is 50.8 Å². The lowest BCUT2D eigenvalue weighted by Crippen LogP contribution is -2.36. The number of halogens is 1. The minimum absolute atomic E-state index is 0.0555. The van der Waals surface area contributed by atoms with Crippen LogP contribution >= 0.6 is 28.1 Å². The van der Waals surface area contributed by atoms with Crippen LogP contribution in [0, 0.1) is 0 Å². The molecule has 3 N–H and O–H groups in total. The number of carbonyl (C=O) groups excluding carboxylic acids is 2. The van der Waals surface area contributed by atoms with Crippen LogP contribution in [0.3, 0.4) is 0 Å². The van der Waals surface area contributed by atoms with Gasteiger partial charge in [-0.15, -0.1) is 0 Å². The van der Waals surface area contributed by atoms with E-state index in [4.69, 9.17) is 17.0 Å². The van der Waals surface area contributed by atoms with Gasteiger partial charge >= 0.3 is 0 Å². The Morgan fingerprint density at radius 2 is 1.87 bits per heavy atom. The Bertz CT molecular complexity index is 920. The number of carbonyl (C=O) groups is 2. The van der Waals surface area contributed by atoms with E-state index < -0.39 is 0 Å². The molecule has 2 amide bonds. The van der Waals surface area contributed by atoms with Gasteiger partial charge in [-0.05, 0) is 78.2 Å². The van der Waals surface area contributed by atoms with Crippen molar-refractivity contribution in [2.75, 3.05) is 11.9 Å². The Kier molecular flexibility index (Phi) is 9.26. The summed E-state index contributed by atoms with van der Waals surface area (Å²) in [5.41, 5.74) is 1.40. The molecule has 1 unspecified atom stereocenters. The van der Waals surface area contributed by atoms with Gasteiger partial charge in [0, 0.05) is 11.6 Å². The summed E-state index contributed by atoms with van der Waals surface area (Å²) in [6.07, 6.45) is 1.72. The average molecular weight is 492 g/mol. The number of nitrogens with one attached hydrogen (secondary N) is 3. The highest BCUT2D eigenvalue weighted by molar-refractivity contribution is 9.10. The number of benzene rings is 2. The normalized spacial score (nSPS) is 11.3. The Morgan fingerprint density at radius 1 is 1.13 bits per heavy atom. The van der Waals surface area contributed by atoms with Crippen LogP contribution in [0.25, 0.3) is 0 Å². The number of rotatable bonds is 8. The summed E-state index contributed by atoms with van der Waals surface area (Å²) in [6.45, 7) is 6.56. The standard InChI is InChI=1S/C22H26BrN3O3S/c1-4-12-29-19-11-10-15(13-17(19)23)20(27)26-22(30)25-18-9-7-6-8-16(18)21(28)24-14(3)5-2/h6-11,13-14H,4-5,12H2,1-3H3,(H,24,28)(H2,25,26,27,30). The van der Waals surface area contributed by atoms with Crippen LogP contribution in [-0.2, 0) is 0 Å². The van der Waals surface area contributed by atoms with Crippen molar-refractivity contribution in [2.24, 2.45) is 0 Å². The van der Waals surface area contributed by atoms with Crippen molar-refractivity contribution in [1.29, 1.82) is 0 Å². The quantitative estimate of drug-likeness (QED) is 0.458. The first-order valence-electron chi connectivity index (χ1n) is 9.80. The molecule has 2 aromatic carbocycles. The van der Waals surface area contributed by atoms with E-state index in [0.717, 1.165) is 12.8 Å². The molecule has 0 aliphatic heterocycles. The molecule has 0 aliphatic carbocycles. The SMILES string of the molecule is CCCOc1ccc(C(=O)NC(=S)Nc2ccccc2C(=O)NC(C)CC)cc1Br. The van der Waals surface area contributed by atoms with Crippen molar-refractivity contribution < 1.29 is 14.3 Å². The third-order valence-corrected chi connectivity index (χ3v) is 5.12. The zero-order chi connectivity index (χ0) is 22.1. The molecule has 1 atom stereocenters. The monoisotopic (exact) mass is 491 g/mol. The molecule has 0 bridgehead atoms. The zero-order valence-electron chi connectivity index (χ0n) is 17.3. The second-order valence-corrected chi connectivity index (χ2v) is 7.99. The first-order chi connectivity index (χ1) is 14.3. The van der Waals surface area contributed by atoms with E-state index >= 15 is 0 Å². The molecule has 160 valence electrons. The van der Waals surface area contributed by atoms with Gasteiger partial charge in [0.1, 0.15) is 5.75 Å². The number of thiocarbonyl (C=S) groups is 1. The van der Waals surface area contributed by atoms with E-state index in [2.05, 4.69) is 31.9 Å². The van der Waals surface area contributed by atoms with Crippen molar-refractivity contribution in [2.45, 2.75) is 39.7 Å². The molecule has 0 aliphatic rings. The Morgan fingerprint density at radius 3 is 2.53 bits per heavy atom. The van der Waals surface area contributed by atoms with Gasteiger partial charge in [-0.25, -0.2) is 0 Å². The summed E-state index contributed by atoms with van der Waals surface area (Å²) in [5, 5.41) is 8.61. The molecule has 0 fully saturated rings. The summed E-state index contributed by atoms with van der Waals surface area (Å²) < 4.78 is 6.29. The van der Waals surface area contributed by atoms with Gasteiger partial charge in [-0.2, -0.15) is 0 Å². The smallest absolute Gasteiger partial charge is 0.257 e. The van der Waals surface area contributed by atoms with Gasteiger partial charge in [0.25, 0.3) is 11.8 Å². The molecule has 0 aromatic heterocycles. The molecule has 6 nitrogen and oxygen atoms in total. The fraction of sp³-hybridized carbons (Fsp3) is 0.318. The van der Waals surface area contributed by atoms with Gasteiger partial charge in [0.15, 0.2) is 5.11 Å². The van der Waals surface area contributed by atoms with Gasteiger partial charge < -0.3 is 15.4 Å². The van der Waals surface area contributed by atoms with E-state index in [1.807, 2.05) is 20.8 Å². The maximum atomic E-state index is 12.5. The largest absolute Gasteiger partial charge is 0.492 e. The van der Waals surface area contributed by atoms with Crippen molar-refractivity contribution in [3.8, 4) is 5.75 Å². The van der Waals surface area contributed by atoms with E-state index in [1.54, 1.807) is 42.5 Å². The summed E-state index contributed by atoms with van der Waals surface area (Å²) in [4.78, 5) is 25.1. The number of hydrogen-bond acceptors (Lipinski definition) is 4. The molecule has 0 heterocycles. The third kappa shape index (κ3) is 6.81. The molecule has 8 heteroatoms. The van der Waals surface area contributed by atoms with Crippen LogP contribution in [0.2, 0.25) is 0 Å².